The summed E-state index contributed by atoms with van der Waals surface area (Å²) < 4.78 is 5.32. The lowest BCUT2D eigenvalue weighted by atomic mass is 9.94. The average molecular weight is 273 g/mol. The Labute approximate surface area is 118 Å². The third-order valence-corrected chi connectivity index (χ3v) is 3.83. The van der Waals surface area contributed by atoms with Crippen molar-refractivity contribution in [1.29, 1.82) is 0 Å². The topological polar surface area (TPSA) is 67.3 Å². The van der Waals surface area contributed by atoms with Crippen molar-refractivity contribution in [1.82, 2.24) is 9.97 Å². The first-order valence-corrected chi connectivity index (χ1v) is 7.04. The van der Waals surface area contributed by atoms with Crippen molar-refractivity contribution < 1.29 is 9.84 Å². The molecule has 1 unspecified atom stereocenters. The van der Waals surface area contributed by atoms with E-state index in [-0.39, 0.29) is 6.10 Å². The Hall–Kier alpha value is -1.72. The lowest BCUT2D eigenvalue weighted by molar-refractivity contribution is 0.0131. The molecule has 1 saturated heterocycles. The molecule has 1 aliphatic rings. The van der Waals surface area contributed by atoms with Crippen LogP contribution in [0.3, 0.4) is 0 Å². The number of hydrogen-bond donors (Lipinski definition) is 2. The van der Waals surface area contributed by atoms with Crippen LogP contribution in [0.15, 0.2) is 30.6 Å². The summed E-state index contributed by atoms with van der Waals surface area (Å²) in [5, 5.41) is 14.5. The number of aromatic nitrogens is 2. The molecule has 20 heavy (non-hydrogen) atoms. The number of anilines is 1. The number of rotatable bonds is 4. The van der Waals surface area contributed by atoms with Gasteiger partial charge in [-0.2, -0.15) is 0 Å². The Morgan fingerprint density at radius 3 is 2.90 bits per heavy atom. The maximum absolute atomic E-state index is 10.2. The van der Waals surface area contributed by atoms with Crippen LogP contribution in [-0.4, -0.2) is 40.9 Å². The van der Waals surface area contributed by atoms with Crippen LogP contribution in [0.4, 0.5) is 5.82 Å². The van der Waals surface area contributed by atoms with Gasteiger partial charge in [0.05, 0.1) is 11.6 Å². The van der Waals surface area contributed by atoms with E-state index in [0.29, 0.717) is 12.5 Å². The van der Waals surface area contributed by atoms with Crippen molar-refractivity contribution >= 4 is 16.7 Å². The Balaban J connectivity index is 1.67. The van der Waals surface area contributed by atoms with Crippen LogP contribution in [0.25, 0.3) is 10.9 Å². The van der Waals surface area contributed by atoms with Crippen LogP contribution in [0.2, 0.25) is 0 Å². The molecule has 0 radical (unpaired) electrons. The Morgan fingerprint density at radius 2 is 2.05 bits per heavy atom. The van der Waals surface area contributed by atoms with E-state index in [4.69, 9.17) is 4.74 Å². The molecular weight excluding hydrogens is 254 g/mol. The number of ether oxygens (including phenoxy) is 1. The van der Waals surface area contributed by atoms with Crippen molar-refractivity contribution in [2.75, 3.05) is 25.1 Å². The summed E-state index contributed by atoms with van der Waals surface area (Å²) in [5.41, 5.74) is 0.908. The zero-order valence-electron chi connectivity index (χ0n) is 11.3. The maximum Gasteiger partial charge on any atom is 0.137 e. The largest absolute Gasteiger partial charge is 0.391 e. The Morgan fingerprint density at radius 1 is 1.25 bits per heavy atom. The third-order valence-electron chi connectivity index (χ3n) is 3.83. The summed E-state index contributed by atoms with van der Waals surface area (Å²) >= 11 is 0. The number of aliphatic hydroxyl groups is 1. The number of para-hydroxylation sites is 1. The fraction of sp³-hybridized carbons (Fsp3) is 0.467. The molecule has 2 N–H and O–H groups in total. The molecule has 1 aliphatic heterocycles. The zero-order chi connectivity index (χ0) is 13.8. The summed E-state index contributed by atoms with van der Waals surface area (Å²) in [7, 11) is 0. The normalized spacial score (nSPS) is 18.1. The summed E-state index contributed by atoms with van der Waals surface area (Å²) in [6.45, 7) is 2.00. The minimum absolute atomic E-state index is 0.310. The van der Waals surface area contributed by atoms with Crippen molar-refractivity contribution in [3.8, 4) is 0 Å². The smallest absolute Gasteiger partial charge is 0.137 e. The molecule has 1 aromatic carbocycles. The minimum atomic E-state index is -0.368. The Kier molecular flexibility index (Phi) is 4.08. The highest BCUT2D eigenvalue weighted by molar-refractivity contribution is 5.88. The number of benzene rings is 1. The second kappa shape index (κ2) is 6.15. The summed E-state index contributed by atoms with van der Waals surface area (Å²) in [5.74, 6) is 1.09. The van der Waals surface area contributed by atoms with E-state index in [1.807, 2.05) is 24.3 Å². The van der Waals surface area contributed by atoms with Gasteiger partial charge in [-0.3, -0.25) is 0 Å². The number of nitrogens with zero attached hydrogens (tertiary/aromatic N) is 2. The average Bonchev–Trinajstić information content (AvgIpc) is 2.53. The Bertz CT molecular complexity index is 565. The molecule has 3 rings (SSSR count). The van der Waals surface area contributed by atoms with Gasteiger partial charge in [0, 0.05) is 25.1 Å². The molecule has 0 aliphatic carbocycles. The summed E-state index contributed by atoms with van der Waals surface area (Å²) in [4.78, 5) is 8.49. The molecule has 0 spiro atoms. The zero-order valence-corrected chi connectivity index (χ0v) is 11.3. The number of nitrogens with one attached hydrogen (secondary N) is 1. The van der Waals surface area contributed by atoms with Crippen LogP contribution < -0.4 is 5.32 Å². The first-order chi connectivity index (χ1) is 9.84. The van der Waals surface area contributed by atoms with Gasteiger partial charge in [0.25, 0.3) is 0 Å². The molecule has 0 amide bonds. The van der Waals surface area contributed by atoms with E-state index in [9.17, 15) is 5.11 Å². The van der Waals surface area contributed by atoms with Crippen LogP contribution in [0.5, 0.6) is 0 Å². The highest BCUT2D eigenvalue weighted by atomic mass is 16.5. The molecule has 2 aromatic rings. The SMILES string of the molecule is OC(CNc1ncnc2ccccc12)C1CCOCC1. The lowest BCUT2D eigenvalue weighted by Crippen LogP contribution is -2.32. The second-order valence-corrected chi connectivity index (χ2v) is 5.14. The van der Waals surface area contributed by atoms with Gasteiger partial charge in [-0.25, -0.2) is 9.97 Å². The monoisotopic (exact) mass is 273 g/mol. The second-order valence-electron chi connectivity index (χ2n) is 5.14. The van der Waals surface area contributed by atoms with Crippen molar-refractivity contribution in [3.05, 3.63) is 30.6 Å². The van der Waals surface area contributed by atoms with Crippen molar-refractivity contribution in [3.63, 3.8) is 0 Å². The molecule has 1 atom stereocenters. The van der Waals surface area contributed by atoms with E-state index in [1.54, 1.807) is 6.33 Å². The first-order valence-electron chi connectivity index (χ1n) is 7.04. The van der Waals surface area contributed by atoms with Gasteiger partial charge in [0.15, 0.2) is 0 Å². The standard InChI is InChI=1S/C15H19N3O2/c19-14(11-5-7-20-8-6-11)9-16-15-12-3-1-2-4-13(12)17-10-18-15/h1-4,10-11,14,19H,5-9H2,(H,16,17,18). The van der Waals surface area contributed by atoms with Gasteiger partial charge in [-0.15, -0.1) is 0 Å². The molecule has 0 bridgehead atoms. The van der Waals surface area contributed by atoms with E-state index in [0.717, 1.165) is 42.8 Å². The first kappa shape index (κ1) is 13.3. The molecule has 5 heteroatoms. The quantitative estimate of drug-likeness (QED) is 0.889. The molecule has 1 aromatic heterocycles. The van der Waals surface area contributed by atoms with E-state index in [2.05, 4.69) is 15.3 Å². The van der Waals surface area contributed by atoms with E-state index < -0.39 is 0 Å². The van der Waals surface area contributed by atoms with Gasteiger partial charge in [-0.1, -0.05) is 12.1 Å². The third kappa shape index (κ3) is 2.89. The van der Waals surface area contributed by atoms with Gasteiger partial charge in [0.1, 0.15) is 12.1 Å². The molecule has 106 valence electrons. The maximum atomic E-state index is 10.2. The van der Waals surface area contributed by atoms with Crippen LogP contribution in [0.1, 0.15) is 12.8 Å². The van der Waals surface area contributed by atoms with Gasteiger partial charge < -0.3 is 15.2 Å². The predicted octanol–water partition coefficient (Wildman–Crippen LogP) is 1.83. The number of aliphatic hydroxyl groups excluding tert-OH is 1. The molecule has 2 heterocycles. The molecule has 0 saturated carbocycles. The van der Waals surface area contributed by atoms with Crippen LogP contribution in [0, 0.1) is 5.92 Å². The van der Waals surface area contributed by atoms with Gasteiger partial charge in [-0.05, 0) is 30.9 Å². The van der Waals surface area contributed by atoms with Crippen molar-refractivity contribution in [2.24, 2.45) is 5.92 Å². The number of fused-ring (bicyclic) bond motifs is 1. The molecule has 5 nitrogen and oxygen atoms in total. The minimum Gasteiger partial charge on any atom is -0.391 e. The molecular formula is C15H19N3O2. The fourth-order valence-electron chi connectivity index (χ4n) is 2.61. The summed E-state index contributed by atoms with van der Waals surface area (Å²) in [6.07, 6.45) is 3.03. The van der Waals surface area contributed by atoms with Crippen LogP contribution >= 0.6 is 0 Å². The summed E-state index contributed by atoms with van der Waals surface area (Å²) in [6, 6.07) is 7.86. The highest BCUT2D eigenvalue weighted by Gasteiger charge is 2.22. The van der Waals surface area contributed by atoms with Gasteiger partial charge >= 0.3 is 0 Å². The highest BCUT2D eigenvalue weighted by Crippen LogP contribution is 2.21. The molecule has 1 fully saturated rings. The van der Waals surface area contributed by atoms with Crippen LogP contribution in [-0.2, 0) is 4.74 Å². The van der Waals surface area contributed by atoms with Gasteiger partial charge in [0.2, 0.25) is 0 Å². The lowest BCUT2D eigenvalue weighted by Gasteiger charge is -2.27. The van der Waals surface area contributed by atoms with E-state index in [1.165, 1.54) is 0 Å². The fourth-order valence-corrected chi connectivity index (χ4v) is 2.61. The number of hydrogen-bond acceptors (Lipinski definition) is 5. The predicted molar refractivity (Wildman–Crippen MR) is 77.6 cm³/mol. The van der Waals surface area contributed by atoms with E-state index >= 15 is 0 Å². The van der Waals surface area contributed by atoms with Crippen molar-refractivity contribution in [2.45, 2.75) is 18.9 Å².